The minimum atomic E-state index is -0.0257. The number of carbonyl (C=O) groups excluding carboxylic acids is 1. The molecule has 0 saturated carbocycles. The van der Waals surface area contributed by atoms with Crippen molar-refractivity contribution in [3.63, 3.8) is 0 Å². The molecule has 1 N–H and O–H groups in total. The molecule has 0 aromatic heterocycles. The van der Waals surface area contributed by atoms with E-state index in [9.17, 15) is 4.79 Å². The van der Waals surface area contributed by atoms with E-state index in [0.717, 1.165) is 19.4 Å². The van der Waals surface area contributed by atoms with E-state index in [4.69, 9.17) is 0 Å². The second-order valence-corrected chi connectivity index (χ2v) is 6.91. The fraction of sp³-hybridized carbons (Fsp3) is 0.611. The van der Waals surface area contributed by atoms with Crippen molar-refractivity contribution in [2.24, 2.45) is 0 Å². The first-order valence-electron chi connectivity index (χ1n) is 8.05. The van der Waals surface area contributed by atoms with E-state index in [1.807, 2.05) is 11.8 Å². The van der Waals surface area contributed by atoms with E-state index in [-0.39, 0.29) is 23.5 Å². The molecule has 2 unspecified atom stereocenters. The minimum Gasteiger partial charge on any atom is -0.322 e. The van der Waals surface area contributed by atoms with Crippen LogP contribution in [0.5, 0.6) is 0 Å². The molecule has 1 aromatic carbocycles. The molecule has 0 aliphatic carbocycles. The summed E-state index contributed by atoms with van der Waals surface area (Å²) < 4.78 is 0. The molecule has 0 bridgehead atoms. The van der Waals surface area contributed by atoms with E-state index in [0.29, 0.717) is 0 Å². The van der Waals surface area contributed by atoms with Crippen molar-refractivity contribution in [3.05, 3.63) is 35.4 Å². The third-order valence-electron chi connectivity index (χ3n) is 4.26. The first kappa shape index (κ1) is 16.0. The second kappa shape index (κ2) is 6.18. The third-order valence-corrected chi connectivity index (χ3v) is 4.26. The van der Waals surface area contributed by atoms with Gasteiger partial charge >= 0.3 is 0 Å². The second-order valence-electron chi connectivity index (χ2n) is 6.91. The Hall–Kier alpha value is -1.35. The number of benzene rings is 1. The lowest BCUT2D eigenvalue weighted by molar-refractivity contribution is -0.130. The molecule has 1 heterocycles. The molecule has 0 radical (unpaired) electrons. The van der Waals surface area contributed by atoms with Crippen LogP contribution in [0, 0.1) is 0 Å². The van der Waals surface area contributed by atoms with Crippen molar-refractivity contribution in [2.45, 2.75) is 65.1 Å². The molecule has 2 rings (SSSR count). The summed E-state index contributed by atoms with van der Waals surface area (Å²) in [6, 6.07) is 8.65. The summed E-state index contributed by atoms with van der Waals surface area (Å²) >= 11 is 0. The molecule has 1 saturated heterocycles. The molecule has 1 aromatic rings. The van der Waals surface area contributed by atoms with Crippen LogP contribution in [0.25, 0.3) is 0 Å². The SMILES string of the molecule is CCCC1NC(c2ccc(C(C)(C)C)cc2)N(CC)C1=O. The van der Waals surface area contributed by atoms with Gasteiger partial charge in [0, 0.05) is 6.54 Å². The summed E-state index contributed by atoms with van der Waals surface area (Å²) in [6.45, 7) is 11.6. The predicted octanol–water partition coefficient (Wildman–Crippen LogP) is 3.60. The molecule has 21 heavy (non-hydrogen) atoms. The maximum absolute atomic E-state index is 12.4. The third kappa shape index (κ3) is 3.29. The zero-order valence-corrected chi connectivity index (χ0v) is 13.9. The summed E-state index contributed by atoms with van der Waals surface area (Å²) in [7, 11) is 0. The van der Waals surface area contributed by atoms with Crippen molar-refractivity contribution in [1.29, 1.82) is 0 Å². The standard InChI is InChI=1S/C18H28N2O/c1-6-8-15-17(21)20(7-2)16(19-15)13-9-11-14(12-10-13)18(3,4)5/h9-12,15-16,19H,6-8H2,1-5H3. The van der Waals surface area contributed by atoms with Crippen LogP contribution in [0.1, 0.15) is 64.8 Å². The van der Waals surface area contributed by atoms with Gasteiger partial charge in [-0.25, -0.2) is 0 Å². The van der Waals surface area contributed by atoms with Crippen LogP contribution in [0.2, 0.25) is 0 Å². The van der Waals surface area contributed by atoms with Gasteiger partial charge < -0.3 is 4.90 Å². The summed E-state index contributed by atoms with van der Waals surface area (Å²) in [5, 5.41) is 3.49. The fourth-order valence-electron chi connectivity index (χ4n) is 2.95. The maximum Gasteiger partial charge on any atom is 0.241 e. The zero-order chi connectivity index (χ0) is 15.6. The molecule has 2 atom stereocenters. The van der Waals surface area contributed by atoms with Crippen molar-refractivity contribution in [2.75, 3.05) is 6.54 Å². The number of likely N-dealkylation sites (N-methyl/N-ethyl adjacent to an activating group) is 1. The summed E-state index contributed by atoms with van der Waals surface area (Å²) in [5.74, 6) is 0.240. The Morgan fingerprint density at radius 1 is 1.14 bits per heavy atom. The maximum atomic E-state index is 12.4. The van der Waals surface area contributed by atoms with Crippen molar-refractivity contribution >= 4 is 5.91 Å². The van der Waals surface area contributed by atoms with Gasteiger partial charge in [-0.15, -0.1) is 0 Å². The van der Waals surface area contributed by atoms with Gasteiger partial charge in [0.1, 0.15) is 6.17 Å². The van der Waals surface area contributed by atoms with E-state index in [1.54, 1.807) is 0 Å². The minimum absolute atomic E-state index is 0.0214. The van der Waals surface area contributed by atoms with E-state index >= 15 is 0 Å². The van der Waals surface area contributed by atoms with Crippen LogP contribution >= 0.6 is 0 Å². The van der Waals surface area contributed by atoms with Crippen LogP contribution in [0.3, 0.4) is 0 Å². The van der Waals surface area contributed by atoms with Crippen LogP contribution in [0.4, 0.5) is 0 Å². The molecule has 1 aliphatic heterocycles. The number of carbonyl (C=O) groups is 1. The molecular formula is C18H28N2O. The number of nitrogens with zero attached hydrogens (tertiary/aromatic N) is 1. The Balaban J connectivity index is 2.22. The largest absolute Gasteiger partial charge is 0.322 e. The quantitative estimate of drug-likeness (QED) is 0.918. The highest BCUT2D eigenvalue weighted by Crippen LogP contribution is 2.29. The highest BCUT2D eigenvalue weighted by atomic mass is 16.2. The van der Waals surface area contributed by atoms with Gasteiger partial charge in [0.05, 0.1) is 6.04 Å². The average Bonchev–Trinajstić information content (AvgIpc) is 2.75. The van der Waals surface area contributed by atoms with Crippen molar-refractivity contribution in [1.82, 2.24) is 10.2 Å². The number of hydrogen-bond donors (Lipinski definition) is 1. The lowest BCUT2D eigenvalue weighted by atomic mass is 9.86. The lowest BCUT2D eigenvalue weighted by Gasteiger charge is -2.24. The normalized spacial score (nSPS) is 22.9. The van der Waals surface area contributed by atoms with Gasteiger partial charge in [-0.3, -0.25) is 10.1 Å². The molecule has 116 valence electrons. The Kier molecular flexibility index (Phi) is 4.72. The van der Waals surface area contributed by atoms with Crippen molar-refractivity contribution < 1.29 is 4.79 Å². The van der Waals surface area contributed by atoms with E-state index in [2.05, 4.69) is 57.3 Å². The van der Waals surface area contributed by atoms with Gasteiger partial charge in [-0.05, 0) is 29.9 Å². The van der Waals surface area contributed by atoms with Crippen molar-refractivity contribution in [3.8, 4) is 0 Å². The molecule has 1 aliphatic rings. The highest BCUT2D eigenvalue weighted by molar-refractivity contribution is 5.84. The topological polar surface area (TPSA) is 32.3 Å². The van der Waals surface area contributed by atoms with Crippen LogP contribution in [-0.2, 0) is 10.2 Å². The first-order valence-corrected chi connectivity index (χ1v) is 8.05. The Morgan fingerprint density at radius 3 is 2.24 bits per heavy atom. The van der Waals surface area contributed by atoms with Gasteiger partial charge in [0.15, 0.2) is 0 Å². The number of rotatable bonds is 4. The van der Waals surface area contributed by atoms with Crippen LogP contribution in [-0.4, -0.2) is 23.4 Å². The molecule has 3 heteroatoms. The highest BCUT2D eigenvalue weighted by Gasteiger charge is 2.37. The number of amides is 1. The van der Waals surface area contributed by atoms with Gasteiger partial charge in [0.2, 0.25) is 5.91 Å². The lowest BCUT2D eigenvalue weighted by Crippen LogP contribution is -2.30. The average molecular weight is 288 g/mol. The molecular weight excluding hydrogens is 260 g/mol. The summed E-state index contributed by atoms with van der Waals surface area (Å²) in [4.78, 5) is 14.4. The molecule has 1 amide bonds. The first-order chi connectivity index (χ1) is 9.88. The molecule has 3 nitrogen and oxygen atoms in total. The number of nitrogens with one attached hydrogen (secondary N) is 1. The van der Waals surface area contributed by atoms with Gasteiger partial charge in [-0.1, -0.05) is 58.4 Å². The van der Waals surface area contributed by atoms with Crippen LogP contribution in [0.15, 0.2) is 24.3 Å². The van der Waals surface area contributed by atoms with Crippen LogP contribution < -0.4 is 5.32 Å². The predicted molar refractivity (Wildman–Crippen MR) is 87.1 cm³/mol. The monoisotopic (exact) mass is 288 g/mol. The molecule has 1 fully saturated rings. The molecule has 0 spiro atoms. The van der Waals surface area contributed by atoms with E-state index < -0.39 is 0 Å². The van der Waals surface area contributed by atoms with E-state index in [1.165, 1.54) is 11.1 Å². The summed E-state index contributed by atoms with van der Waals surface area (Å²) in [6.07, 6.45) is 1.95. The number of hydrogen-bond acceptors (Lipinski definition) is 2. The Morgan fingerprint density at radius 2 is 1.76 bits per heavy atom. The Labute approximate surface area is 128 Å². The summed E-state index contributed by atoms with van der Waals surface area (Å²) in [5.41, 5.74) is 2.66. The Bertz CT molecular complexity index is 487. The zero-order valence-electron chi connectivity index (χ0n) is 13.9. The van der Waals surface area contributed by atoms with Gasteiger partial charge in [0.25, 0.3) is 0 Å². The fourth-order valence-corrected chi connectivity index (χ4v) is 2.95. The smallest absolute Gasteiger partial charge is 0.241 e. The van der Waals surface area contributed by atoms with Gasteiger partial charge in [-0.2, -0.15) is 0 Å².